The second-order valence-electron chi connectivity index (χ2n) is 4.82. The fourth-order valence-electron chi connectivity index (χ4n) is 2.47. The maximum Gasteiger partial charge on any atom is 0.335 e. The molecule has 1 N–H and O–H groups in total. The highest BCUT2D eigenvalue weighted by Crippen LogP contribution is 2.24. The van der Waals surface area contributed by atoms with Gasteiger partial charge in [-0.3, -0.25) is 0 Å². The summed E-state index contributed by atoms with van der Waals surface area (Å²) in [6, 6.07) is 6.76. The maximum atomic E-state index is 11.0. The number of benzene rings is 1. The quantitative estimate of drug-likeness (QED) is 0.891. The van der Waals surface area contributed by atoms with Gasteiger partial charge in [0.05, 0.1) is 22.9 Å². The van der Waals surface area contributed by atoms with Crippen molar-refractivity contribution >= 4 is 11.7 Å². The second kappa shape index (κ2) is 6.40. The Labute approximate surface area is 118 Å². The lowest BCUT2D eigenvalue weighted by molar-refractivity contribution is 0.0697. The first-order valence-electron chi connectivity index (χ1n) is 6.79. The number of nitriles is 1. The van der Waals surface area contributed by atoms with Gasteiger partial charge in [0.1, 0.15) is 6.07 Å². The highest BCUT2D eigenvalue weighted by Gasteiger charge is 2.20. The van der Waals surface area contributed by atoms with Crippen LogP contribution in [-0.2, 0) is 4.74 Å². The molecule has 2 rings (SSSR count). The van der Waals surface area contributed by atoms with Crippen molar-refractivity contribution in [2.75, 3.05) is 24.6 Å². The number of carbonyl (C=O) groups is 1. The minimum atomic E-state index is -1.02. The van der Waals surface area contributed by atoms with Crippen LogP contribution in [0.3, 0.4) is 0 Å². The Morgan fingerprint density at radius 1 is 1.60 bits per heavy atom. The van der Waals surface area contributed by atoms with Crippen LogP contribution in [0.25, 0.3) is 0 Å². The van der Waals surface area contributed by atoms with Gasteiger partial charge in [0, 0.05) is 19.7 Å². The summed E-state index contributed by atoms with van der Waals surface area (Å²) in [7, 11) is 0. The number of carboxylic acids is 1. The number of nitrogens with zero attached hydrogens (tertiary/aromatic N) is 2. The van der Waals surface area contributed by atoms with Crippen LogP contribution in [0.2, 0.25) is 0 Å². The number of likely N-dealkylation sites (N-methyl/N-ethyl adjacent to an activating group) is 1. The van der Waals surface area contributed by atoms with Crippen LogP contribution >= 0.6 is 0 Å². The normalized spacial score (nSPS) is 17.7. The van der Waals surface area contributed by atoms with Gasteiger partial charge in [0.15, 0.2) is 0 Å². The molecule has 0 saturated carbocycles. The third-order valence-corrected chi connectivity index (χ3v) is 3.53. The number of carboxylic acid groups (broad SMARTS) is 1. The molecule has 5 heteroatoms. The van der Waals surface area contributed by atoms with Crippen molar-refractivity contribution in [2.24, 2.45) is 0 Å². The Hall–Kier alpha value is -2.06. The lowest BCUT2D eigenvalue weighted by Gasteiger charge is -2.27. The van der Waals surface area contributed by atoms with Gasteiger partial charge in [-0.05, 0) is 38.0 Å². The molecule has 0 aromatic heterocycles. The van der Waals surface area contributed by atoms with Crippen molar-refractivity contribution in [2.45, 2.75) is 25.9 Å². The summed E-state index contributed by atoms with van der Waals surface area (Å²) in [6.07, 6.45) is 2.30. The molecule has 1 aromatic rings. The fraction of sp³-hybridized carbons (Fsp3) is 0.467. The van der Waals surface area contributed by atoms with Crippen molar-refractivity contribution in [1.82, 2.24) is 0 Å². The molecule has 5 nitrogen and oxygen atoms in total. The molecule has 1 heterocycles. The third kappa shape index (κ3) is 3.09. The van der Waals surface area contributed by atoms with E-state index in [-0.39, 0.29) is 11.7 Å². The number of hydrogen-bond donors (Lipinski definition) is 1. The van der Waals surface area contributed by atoms with Gasteiger partial charge in [-0.25, -0.2) is 4.79 Å². The molecule has 0 amide bonds. The summed E-state index contributed by atoms with van der Waals surface area (Å²) < 4.78 is 5.62. The largest absolute Gasteiger partial charge is 0.478 e. The average Bonchev–Trinajstić information content (AvgIpc) is 2.97. The first-order chi connectivity index (χ1) is 9.65. The topological polar surface area (TPSA) is 73.6 Å². The molecular weight excluding hydrogens is 256 g/mol. The van der Waals surface area contributed by atoms with E-state index in [4.69, 9.17) is 9.84 Å². The summed E-state index contributed by atoms with van der Waals surface area (Å²) in [5.74, 6) is -1.02. The highest BCUT2D eigenvalue weighted by atomic mass is 16.5. The minimum absolute atomic E-state index is 0.137. The second-order valence-corrected chi connectivity index (χ2v) is 4.82. The molecule has 0 radical (unpaired) electrons. The van der Waals surface area contributed by atoms with Gasteiger partial charge >= 0.3 is 5.97 Å². The predicted octanol–water partition coefficient (Wildman–Crippen LogP) is 2.26. The van der Waals surface area contributed by atoms with Crippen LogP contribution in [0.15, 0.2) is 18.2 Å². The summed E-state index contributed by atoms with van der Waals surface area (Å²) in [5, 5.41) is 18.2. The molecule has 1 fully saturated rings. The molecule has 0 aliphatic carbocycles. The van der Waals surface area contributed by atoms with Crippen molar-refractivity contribution in [3.8, 4) is 6.07 Å². The summed E-state index contributed by atoms with van der Waals surface area (Å²) >= 11 is 0. The van der Waals surface area contributed by atoms with E-state index >= 15 is 0 Å². The summed E-state index contributed by atoms with van der Waals surface area (Å²) in [4.78, 5) is 13.0. The zero-order chi connectivity index (χ0) is 14.5. The van der Waals surface area contributed by atoms with E-state index in [1.165, 1.54) is 12.1 Å². The monoisotopic (exact) mass is 274 g/mol. The standard InChI is InChI=1S/C15H18N2O3/c1-2-17(10-13-4-3-7-20-13)14-6-5-11(15(18)19)8-12(14)9-16/h5-6,8,13H,2-4,7,10H2,1H3,(H,18,19). The number of anilines is 1. The van der Waals surface area contributed by atoms with Crippen LogP contribution in [0.1, 0.15) is 35.7 Å². The van der Waals surface area contributed by atoms with Crippen molar-refractivity contribution in [3.05, 3.63) is 29.3 Å². The first kappa shape index (κ1) is 14.4. The molecule has 1 unspecified atom stereocenters. The molecule has 0 spiro atoms. The Morgan fingerprint density at radius 2 is 2.40 bits per heavy atom. The van der Waals surface area contributed by atoms with E-state index in [1.807, 2.05) is 6.92 Å². The van der Waals surface area contributed by atoms with Crippen LogP contribution < -0.4 is 4.90 Å². The lowest BCUT2D eigenvalue weighted by Crippen LogP contribution is -2.32. The lowest BCUT2D eigenvalue weighted by atomic mass is 10.1. The van der Waals surface area contributed by atoms with Crippen LogP contribution in [0.5, 0.6) is 0 Å². The SMILES string of the molecule is CCN(CC1CCCO1)c1ccc(C(=O)O)cc1C#N. The molecule has 1 aromatic carbocycles. The Morgan fingerprint density at radius 3 is 2.95 bits per heavy atom. The Balaban J connectivity index is 2.24. The first-order valence-corrected chi connectivity index (χ1v) is 6.79. The Bertz CT molecular complexity index is 530. The van der Waals surface area contributed by atoms with Gasteiger partial charge in [0.25, 0.3) is 0 Å². The molecule has 1 saturated heterocycles. The van der Waals surface area contributed by atoms with Crippen LogP contribution in [0.4, 0.5) is 5.69 Å². The Kier molecular flexibility index (Phi) is 4.59. The maximum absolute atomic E-state index is 11.0. The highest BCUT2D eigenvalue weighted by molar-refractivity contribution is 5.89. The predicted molar refractivity (Wildman–Crippen MR) is 75.0 cm³/mol. The number of ether oxygens (including phenoxy) is 1. The average molecular weight is 274 g/mol. The number of aromatic carboxylic acids is 1. The number of rotatable bonds is 5. The smallest absolute Gasteiger partial charge is 0.335 e. The molecule has 1 aliphatic rings. The molecule has 1 aliphatic heterocycles. The summed E-state index contributed by atoms with van der Waals surface area (Å²) in [6.45, 7) is 4.30. The zero-order valence-electron chi connectivity index (χ0n) is 11.5. The molecular formula is C15H18N2O3. The van der Waals surface area contributed by atoms with Gasteiger partial charge < -0.3 is 14.7 Å². The van der Waals surface area contributed by atoms with Gasteiger partial charge in [-0.2, -0.15) is 5.26 Å². The third-order valence-electron chi connectivity index (χ3n) is 3.53. The van der Waals surface area contributed by atoms with Crippen molar-refractivity contribution in [3.63, 3.8) is 0 Å². The van der Waals surface area contributed by atoms with Gasteiger partial charge in [0.2, 0.25) is 0 Å². The fourth-order valence-corrected chi connectivity index (χ4v) is 2.47. The van der Waals surface area contributed by atoms with Crippen LogP contribution in [-0.4, -0.2) is 36.9 Å². The van der Waals surface area contributed by atoms with Crippen molar-refractivity contribution < 1.29 is 14.6 Å². The van der Waals surface area contributed by atoms with E-state index in [0.29, 0.717) is 5.56 Å². The van der Waals surface area contributed by atoms with E-state index in [9.17, 15) is 10.1 Å². The van der Waals surface area contributed by atoms with E-state index < -0.39 is 5.97 Å². The van der Waals surface area contributed by atoms with Gasteiger partial charge in [-0.15, -0.1) is 0 Å². The summed E-state index contributed by atoms with van der Waals surface area (Å²) in [5.41, 5.74) is 1.30. The molecule has 0 bridgehead atoms. The van der Waals surface area contributed by atoms with Crippen LogP contribution in [0, 0.1) is 11.3 Å². The minimum Gasteiger partial charge on any atom is -0.478 e. The van der Waals surface area contributed by atoms with E-state index in [1.54, 1.807) is 6.07 Å². The molecule has 20 heavy (non-hydrogen) atoms. The molecule has 106 valence electrons. The number of hydrogen-bond acceptors (Lipinski definition) is 4. The zero-order valence-corrected chi connectivity index (χ0v) is 11.5. The van der Waals surface area contributed by atoms with Crippen molar-refractivity contribution in [1.29, 1.82) is 5.26 Å². The molecule has 1 atom stereocenters. The van der Waals surface area contributed by atoms with E-state index in [0.717, 1.165) is 38.2 Å². The van der Waals surface area contributed by atoms with Gasteiger partial charge in [-0.1, -0.05) is 0 Å². The van der Waals surface area contributed by atoms with E-state index in [2.05, 4.69) is 11.0 Å².